The van der Waals surface area contributed by atoms with Crippen LogP contribution in [0.3, 0.4) is 0 Å². The molecule has 118 valence electrons. The van der Waals surface area contributed by atoms with Crippen LogP contribution in [-0.2, 0) is 6.42 Å². The maximum absolute atomic E-state index is 11.2. The molecule has 0 amide bonds. The second-order valence-electron chi connectivity index (χ2n) is 5.92. The normalized spacial score (nSPS) is 15.8. The minimum atomic E-state index is -0.222. The zero-order valence-corrected chi connectivity index (χ0v) is 13.3. The van der Waals surface area contributed by atoms with Crippen molar-refractivity contribution in [1.82, 2.24) is 4.98 Å². The van der Waals surface area contributed by atoms with Crippen LogP contribution >= 0.6 is 11.3 Å². The number of hydrogen-bond acceptors (Lipinski definition) is 4. The fourth-order valence-corrected chi connectivity index (χ4v) is 3.69. The van der Waals surface area contributed by atoms with Gasteiger partial charge in [0, 0.05) is 6.42 Å². The van der Waals surface area contributed by atoms with E-state index >= 15 is 0 Å². The van der Waals surface area contributed by atoms with E-state index in [9.17, 15) is 9.90 Å². The Bertz CT molecular complexity index is 653. The summed E-state index contributed by atoms with van der Waals surface area (Å²) in [6.07, 6.45) is 7.14. The Labute approximate surface area is 133 Å². The third-order valence-corrected chi connectivity index (χ3v) is 5.07. The molecule has 22 heavy (non-hydrogen) atoms. The number of H-pyrrole nitrogens is 1. The lowest BCUT2D eigenvalue weighted by Gasteiger charge is -2.21. The maximum atomic E-state index is 11.2. The van der Waals surface area contributed by atoms with Crippen molar-refractivity contribution in [2.45, 2.75) is 38.5 Å². The number of hydrogen-bond donors (Lipinski definition) is 2. The minimum Gasteiger partial charge on any atom is -0.494 e. The molecule has 0 saturated heterocycles. The quantitative estimate of drug-likeness (QED) is 0.883. The molecule has 1 aromatic heterocycles. The molecule has 0 radical (unpaired) electrons. The highest BCUT2D eigenvalue weighted by Crippen LogP contribution is 2.25. The zero-order valence-electron chi connectivity index (χ0n) is 12.5. The Balaban J connectivity index is 1.55. The largest absolute Gasteiger partial charge is 0.494 e. The minimum absolute atomic E-state index is 0.0207. The SMILES string of the molecule is O=c1[nH]c(O)c(Cc2ccc(OCC3CCCCC3)cc2)s1. The summed E-state index contributed by atoms with van der Waals surface area (Å²) in [6.45, 7) is 0.805. The van der Waals surface area contributed by atoms with Gasteiger partial charge in [0.1, 0.15) is 5.75 Å². The van der Waals surface area contributed by atoms with Crippen molar-refractivity contribution in [2.75, 3.05) is 6.61 Å². The number of aromatic nitrogens is 1. The highest BCUT2D eigenvalue weighted by Gasteiger charge is 2.14. The van der Waals surface area contributed by atoms with Gasteiger partial charge < -0.3 is 9.84 Å². The first kappa shape index (κ1) is 15.2. The molecule has 1 aromatic carbocycles. The van der Waals surface area contributed by atoms with Gasteiger partial charge in [-0.2, -0.15) is 0 Å². The summed E-state index contributed by atoms with van der Waals surface area (Å²) in [5.41, 5.74) is 1.05. The Morgan fingerprint density at radius 3 is 2.55 bits per heavy atom. The monoisotopic (exact) mass is 319 g/mol. The Morgan fingerprint density at radius 1 is 1.18 bits per heavy atom. The van der Waals surface area contributed by atoms with Crippen LogP contribution < -0.4 is 9.61 Å². The molecule has 0 aliphatic heterocycles. The van der Waals surface area contributed by atoms with Crippen molar-refractivity contribution in [1.29, 1.82) is 0 Å². The zero-order chi connectivity index (χ0) is 15.4. The average molecular weight is 319 g/mol. The fraction of sp³-hybridized carbons (Fsp3) is 0.471. The molecular weight excluding hydrogens is 298 g/mol. The molecule has 2 N–H and O–H groups in total. The molecule has 0 unspecified atom stereocenters. The molecular formula is C17H21NO3S. The lowest BCUT2D eigenvalue weighted by Crippen LogP contribution is -2.15. The number of benzene rings is 1. The van der Waals surface area contributed by atoms with Crippen LogP contribution in [0.2, 0.25) is 0 Å². The number of ether oxygens (including phenoxy) is 1. The van der Waals surface area contributed by atoms with E-state index < -0.39 is 0 Å². The van der Waals surface area contributed by atoms with E-state index in [4.69, 9.17) is 4.74 Å². The van der Waals surface area contributed by atoms with E-state index in [-0.39, 0.29) is 10.8 Å². The molecule has 0 bridgehead atoms. The van der Waals surface area contributed by atoms with Crippen molar-refractivity contribution in [3.63, 3.8) is 0 Å². The van der Waals surface area contributed by atoms with Crippen LogP contribution in [0, 0.1) is 5.92 Å². The van der Waals surface area contributed by atoms with Crippen LogP contribution in [0.1, 0.15) is 42.5 Å². The highest BCUT2D eigenvalue weighted by molar-refractivity contribution is 7.09. The molecule has 0 atom stereocenters. The van der Waals surface area contributed by atoms with Crippen LogP contribution in [0.4, 0.5) is 0 Å². The molecule has 1 aliphatic rings. The van der Waals surface area contributed by atoms with E-state index in [1.54, 1.807) is 0 Å². The smallest absolute Gasteiger partial charge is 0.307 e. The van der Waals surface area contributed by atoms with Crippen LogP contribution in [0.5, 0.6) is 11.6 Å². The van der Waals surface area contributed by atoms with Gasteiger partial charge in [-0.3, -0.25) is 9.78 Å². The number of rotatable bonds is 5. The average Bonchev–Trinajstić information content (AvgIpc) is 2.85. The molecule has 1 aliphatic carbocycles. The van der Waals surface area contributed by atoms with Gasteiger partial charge in [0.05, 0.1) is 11.5 Å². The van der Waals surface area contributed by atoms with Crippen molar-refractivity contribution in [3.8, 4) is 11.6 Å². The fourth-order valence-electron chi connectivity index (χ4n) is 2.93. The van der Waals surface area contributed by atoms with Gasteiger partial charge in [0.25, 0.3) is 0 Å². The molecule has 1 fully saturated rings. The topological polar surface area (TPSA) is 62.3 Å². The molecule has 2 aromatic rings. The molecule has 5 heteroatoms. The molecule has 3 rings (SSSR count). The summed E-state index contributed by atoms with van der Waals surface area (Å²) in [4.78, 5) is 14.0. The Kier molecular flexibility index (Phi) is 4.83. The number of aromatic hydroxyl groups is 1. The summed E-state index contributed by atoms with van der Waals surface area (Å²) in [6, 6.07) is 7.90. The predicted molar refractivity (Wildman–Crippen MR) is 87.9 cm³/mol. The molecule has 1 saturated carbocycles. The first-order chi connectivity index (χ1) is 10.7. The van der Waals surface area contributed by atoms with Crippen molar-refractivity contribution < 1.29 is 9.84 Å². The van der Waals surface area contributed by atoms with E-state index in [1.165, 1.54) is 32.1 Å². The van der Waals surface area contributed by atoms with E-state index in [1.807, 2.05) is 24.3 Å². The lowest BCUT2D eigenvalue weighted by atomic mass is 9.90. The molecule has 1 heterocycles. The summed E-state index contributed by atoms with van der Waals surface area (Å²) in [5, 5.41) is 9.61. The summed E-state index contributed by atoms with van der Waals surface area (Å²) in [7, 11) is 0. The van der Waals surface area contributed by atoms with Gasteiger partial charge in [-0.25, -0.2) is 0 Å². The number of aromatic amines is 1. The highest BCUT2D eigenvalue weighted by atomic mass is 32.1. The third kappa shape index (κ3) is 3.91. The number of thiazole rings is 1. The Hall–Kier alpha value is -1.75. The molecule has 4 nitrogen and oxygen atoms in total. The Morgan fingerprint density at radius 2 is 1.91 bits per heavy atom. The van der Waals surface area contributed by atoms with Crippen LogP contribution in [0.15, 0.2) is 29.1 Å². The van der Waals surface area contributed by atoms with Gasteiger partial charge in [0.2, 0.25) is 5.88 Å². The summed E-state index contributed by atoms with van der Waals surface area (Å²) < 4.78 is 5.88. The summed E-state index contributed by atoms with van der Waals surface area (Å²) in [5.74, 6) is 1.57. The van der Waals surface area contributed by atoms with E-state index in [0.29, 0.717) is 17.2 Å². The van der Waals surface area contributed by atoms with Gasteiger partial charge in [0.15, 0.2) is 0 Å². The number of nitrogens with one attached hydrogen (secondary N) is 1. The maximum Gasteiger partial charge on any atom is 0.307 e. The van der Waals surface area contributed by atoms with Crippen molar-refractivity contribution in [2.24, 2.45) is 5.92 Å². The van der Waals surface area contributed by atoms with Gasteiger partial charge in [-0.1, -0.05) is 42.7 Å². The van der Waals surface area contributed by atoms with Crippen molar-refractivity contribution >= 4 is 11.3 Å². The summed E-state index contributed by atoms with van der Waals surface area (Å²) >= 11 is 1.05. The predicted octanol–water partition coefficient (Wildman–Crippen LogP) is 3.69. The first-order valence-electron chi connectivity index (χ1n) is 7.83. The first-order valence-corrected chi connectivity index (χ1v) is 8.65. The van der Waals surface area contributed by atoms with Gasteiger partial charge in [-0.05, 0) is 36.5 Å². The van der Waals surface area contributed by atoms with Crippen LogP contribution in [0.25, 0.3) is 0 Å². The van der Waals surface area contributed by atoms with E-state index in [2.05, 4.69) is 4.98 Å². The molecule has 0 spiro atoms. The second-order valence-corrected chi connectivity index (χ2v) is 6.99. The van der Waals surface area contributed by atoms with Gasteiger partial charge in [-0.15, -0.1) is 0 Å². The third-order valence-electron chi connectivity index (χ3n) is 4.20. The van der Waals surface area contributed by atoms with Crippen molar-refractivity contribution in [3.05, 3.63) is 44.4 Å². The second kappa shape index (κ2) is 7.01. The van der Waals surface area contributed by atoms with E-state index in [0.717, 1.165) is 29.3 Å². The standard InChI is InChI=1S/C17H21NO3S/c19-16-15(22-17(20)18-16)10-12-6-8-14(9-7-12)21-11-13-4-2-1-3-5-13/h6-9,13,19H,1-5,10-11H2,(H,18,20). The van der Waals surface area contributed by atoms with Gasteiger partial charge >= 0.3 is 4.87 Å². The lowest BCUT2D eigenvalue weighted by molar-refractivity contribution is 0.209. The van der Waals surface area contributed by atoms with Crippen LogP contribution in [-0.4, -0.2) is 16.7 Å².